The van der Waals surface area contributed by atoms with E-state index in [0.29, 0.717) is 35.8 Å². The van der Waals surface area contributed by atoms with E-state index >= 15 is 0 Å². The summed E-state index contributed by atoms with van der Waals surface area (Å²) in [6.45, 7) is 0.495. The maximum atomic E-state index is 12.7. The summed E-state index contributed by atoms with van der Waals surface area (Å²) in [5.41, 5.74) is 2.77. The number of hydrogen-bond acceptors (Lipinski definition) is 5. The number of amides is 2. The Kier molecular flexibility index (Phi) is 5.17. The minimum absolute atomic E-state index is 0.0503. The van der Waals surface area contributed by atoms with Crippen LogP contribution in [0.15, 0.2) is 42.5 Å². The van der Waals surface area contributed by atoms with Crippen LogP contribution in [0, 0.1) is 0 Å². The molecule has 2 aromatic carbocycles. The Morgan fingerprint density at radius 3 is 2.75 bits per heavy atom. The van der Waals surface area contributed by atoms with Crippen LogP contribution in [0.2, 0.25) is 0 Å². The molecule has 146 valence electrons. The minimum atomic E-state index is -0.430. The number of nitrogens with one attached hydrogen (secondary N) is 1. The largest absolute Gasteiger partial charge is 0.493 e. The van der Waals surface area contributed by atoms with Crippen LogP contribution < -0.4 is 14.8 Å². The lowest BCUT2D eigenvalue weighted by molar-refractivity contribution is -0.124. The predicted molar refractivity (Wildman–Crippen MR) is 108 cm³/mol. The van der Waals surface area contributed by atoms with Gasteiger partial charge in [0, 0.05) is 17.9 Å². The van der Waals surface area contributed by atoms with E-state index in [4.69, 9.17) is 9.47 Å². The number of ether oxygens (including phenoxy) is 2. The summed E-state index contributed by atoms with van der Waals surface area (Å²) in [4.78, 5) is 27.2. The lowest BCUT2D eigenvalue weighted by atomic mass is 10.1. The fourth-order valence-corrected chi connectivity index (χ4v) is 5.19. The van der Waals surface area contributed by atoms with Crippen LogP contribution in [0.25, 0.3) is 0 Å². The van der Waals surface area contributed by atoms with Crippen LogP contribution in [0.4, 0.5) is 0 Å². The Morgan fingerprint density at radius 2 is 1.96 bits per heavy atom. The van der Waals surface area contributed by atoms with E-state index in [2.05, 4.69) is 5.32 Å². The highest BCUT2D eigenvalue weighted by Gasteiger charge is 2.48. The molecule has 2 aliphatic rings. The van der Waals surface area contributed by atoms with Gasteiger partial charge in [-0.2, -0.15) is 0 Å². The van der Waals surface area contributed by atoms with Gasteiger partial charge in [-0.3, -0.25) is 9.59 Å². The molecule has 28 heavy (non-hydrogen) atoms. The SMILES string of the molecule is COc1ccc(CCNC(=O)[C@H]2CS[C@H]3c4ccccc4C(=O)N23)cc1OC. The normalized spacial score (nSPS) is 19.9. The Morgan fingerprint density at radius 1 is 1.18 bits per heavy atom. The fourth-order valence-electron chi connectivity index (χ4n) is 3.73. The van der Waals surface area contributed by atoms with Crippen molar-refractivity contribution >= 4 is 23.6 Å². The summed E-state index contributed by atoms with van der Waals surface area (Å²) in [5, 5.41) is 2.93. The Hall–Kier alpha value is -2.67. The fraction of sp³-hybridized carbons (Fsp3) is 0.333. The van der Waals surface area contributed by atoms with Crippen LogP contribution >= 0.6 is 11.8 Å². The molecule has 2 atom stereocenters. The van der Waals surface area contributed by atoms with Crippen LogP contribution in [0.3, 0.4) is 0 Å². The Labute approximate surface area is 168 Å². The van der Waals surface area contributed by atoms with Crippen molar-refractivity contribution in [3.63, 3.8) is 0 Å². The molecule has 2 heterocycles. The van der Waals surface area contributed by atoms with Crippen LogP contribution in [0.1, 0.15) is 26.9 Å². The van der Waals surface area contributed by atoms with Gasteiger partial charge in [-0.05, 0) is 35.7 Å². The molecule has 0 bridgehead atoms. The quantitative estimate of drug-likeness (QED) is 0.810. The zero-order valence-electron chi connectivity index (χ0n) is 15.8. The van der Waals surface area contributed by atoms with E-state index in [0.717, 1.165) is 11.1 Å². The summed E-state index contributed by atoms with van der Waals surface area (Å²) in [7, 11) is 3.20. The number of carbonyl (C=O) groups excluding carboxylic acids is 2. The third kappa shape index (κ3) is 3.20. The van der Waals surface area contributed by atoms with Gasteiger partial charge in [-0.1, -0.05) is 24.3 Å². The third-order valence-corrected chi connectivity index (χ3v) is 6.46. The number of nitrogens with zero attached hydrogens (tertiary/aromatic N) is 1. The molecule has 0 spiro atoms. The Bertz CT molecular complexity index is 917. The monoisotopic (exact) mass is 398 g/mol. The highest BCUT2D eigenvalue weighted by molar-refractivity contribution is 7.99. The van der Waals surface area contributed by atoms with Crippen molar-refractivity contribution in [2.24, 2.45) is 0 Å². The van der Waals surface area contributed by atoms with Crippen molar-refractivity contribution < 1.29 is 19.1 Å². The minimum Gasteiger partial charge on any atom is -0.493 e. The number of hydrogen-bond donors (Lipinski definition) is 1. The van der Waals surface area contributed by atoms with Crippen molar-refractivity contribution in [2.45, 2.75) is 17.8 Å². The van der Waals surface area contributed by atoms with Gasteiger partial charge >= 0.3 is 0 Å². The topological polar surface area (TPSA) is 67.9 Å². The van der Waals surface area contributed by atoms with Crippen molar-refractivity contribution in [3.05, 3.63) is 59.2 Å². The van der Waals surface area contributed by atoms with E-state index in [-0.39, 0.29) is 17.2 Å². The molecule has 0 aliphatic carbocycles. The third-order valence-electron chi connectivity index (χ3n) is 5.16. The number of benzene rings is 2. The zero-order valence-corrected chi connectivity index (χ0v) is 16.6. The second kappa shape index (κ2) is 7.75. The molecule has 2 amide bonds. The van der Waals surface area contributed by atoms with E-state index in [1.807, 2.05) is 42.5 Å². The van der Waals surface area contributed by atoms with Gasteiger partial charge in [0.25, 0.3) is 5.91 Å². The van der Waals surface area contributed by atoms with Gasteiger partial charge in [-0.15, -0.1) is 11.8 Å². The van der Waals surface area contributed by atoms with Crippen molar-refractivity contribution in [3.8, 4) is 11.5 Å². The molecule has 1 saturated heterocycles. The smallest absolute Gasteiger partial charge is 0.256 e. The number of methoxy groups -OCH3 is 2. The van der Waals surface area contributed by atoms with Crippen LogP contribution in [0.5, 0.6) is 11.5 Å². The lowest BCUT2D eigenvalue weighted by Crippen LogP contribution is -2.46. The van der Waals surface area contributed by atoms with E-state index < -0.39 is 6.04 Å². The molecule has 0 unspecified atom stereocenters. The first-order valence-corrected chi connectivity index (χ1v) is 10.2. The summed E-state index contributed by atoms with van der Waals surface area (Å²) in [6.07, 6.45) is 0.670. The van der Waals surface area contributed by atoms with E-state index in [9.17, 15) is 9.59 Å². The first-order valence-electron chi connectivity index (χ1n) is 9.16. The van der Waals surface area contributed by atoms with Crippen molar-refractivity contribution in [2.75, 3.05) is 26.5 Å². The van der Waals surface area contributed by atoms with Gasteiger partial charge in [-0.25, -0.2) is 0 Å². The standard InChI is InChI=1S/C21H22N2O4S/c1-26-17-8-7-13(11-18(17)27-2)9-10-22-19(24)16-12-28-21-15-6-4-3-5-14(15)20(25)23(16)21/h3-8,11,16,21H,9-10,12H2,1-2H3,(H,22,24)/t16-,21+/m1/s1. The summed E-state index contributed by atoms with van der Waals surface area (Å²) in [6, 6.07) is 12.9. The average Bonchev–Trinajstić information content (AvgIpc) is 3.28. The number of thioether (sulfide) groups is 1. The number of fused-ring (bicyclic) bond motifs is 3. The molecule has 1 fully saturated rings. The van der Waals surface area contributed by atoms with Gasteiger partial charge in [0.05, 0.1) is 14.2 Å². The number of carbonyl (C=O) groups is 2. The molecule has 7 heteroatoms. The molecular weight excluding hydrogens is 376 g/mol. The zero-order chi connectivity index (χ0) is 19.7. The lowest BCUT2D eigenvalue weighted by Gasteiger charge is -2.22. The highest BCUT2D eigenvalue weighted by Crippen LogP contribution is 2.48. The molecule has 1 N–H and O–H groups in total. The second-order valence-electron chi connectivity index (χ2n) is 6.73. The van der Waals surface area contributed by atoms with Crippen molar-refractivity contribution in [1.82, 2.24) is 10.2 Å². The van der Waals surface area contributed by atoms with Gasteiger partial charge in [0.1, 0.15) is 11.4 Å². The number of rotatable bonds is 6. The predicted octanol–water partition coefficient (Wildman–Crippen LogP) is 2.63. The molecule has 6 nitrogen and oxygen atoms in total. The highest BCUT2D eigenvalue weighted by atomic mass is 32.2. The molecule has 2 aromatic rings. The molecule has 0 radical (unpaired) electrons. The first-order chi connectivity index (χ1) is 13.6. The van der Waals surface area contributed by atoms with Crippen molar-refractivity contribution in [1.29, 1.82) is 0 Å². The summed E-state index contributed by atoms with van der Waals surface area (Å²) >= 11 is 1.65. The van der Waals surface area contributed by atoms with Crippen LogP contribution in [-0.4, -0.2) is 49.3 Å². The maximum Gasteiger partial charge on any atom is 0.256 e. The molecular formula is C21H22N2O4S. The molecule has 0 saturated carbocycles. The van der Waals surface area contributed by atoms with Gasteiger partial charge in [0.15, 0.2) is 11.5 Å². The Balaban J connectivity index is 1.37. The molecule has 4 rings (SSSR count). The maximum absolute atomic E-state index is 12.7. The average molecular weight is 398 g/mol. The van der Waals surface area contributed by atoms with E-state index in [1.54, 1.807) is 30.9 Å². The van der Waals surface area contributed by atoms with Gasteiger partial charge < -0.3 is 19.7 Å². The summed E-state index contributed by atoms with van der Waals surface area (Å²) in [5.74, 6) is 1.81. The first kappa shape index (κ1) is 18.7. The molecule has 0 aromatic heterocycles. The second-order valence-corrected chi connectivity index (χ2v) is 7.84. The van der Waals surface area contributed by atoms with Crippen LogP contribution in [-0.2, 0) is 11.2 Å². The van der Waals surface area contributed by atoms with E-state index in [1.165, 1.54) is 0 Å². The summed E-state index contributed by atoms with van der Waals surface area (Å²) < 4.78 is 10.6. The van der Waals surface area contributed by atoms with Gasteiger partial charge in [0.2, 0.25) is 5.91 Å². The molecule has 2 aliphatic heterocycles.